The third-order valence-electron chi connectivity index (χ3n) is 2.15. The molecule has 2 atom stereocenters. The highest BCUT2D eigenvalue weighted by Gasteiger charge is 2.20. The summed E-state index contributed by atoms with van der Waals surface area (Å²) in [5, 5.41) is 18.5. The largest absolute Gasteiger partial charge is 0.396 e. The lowest BCUT2D eigenvalue weighted by Gasteiger charge is -2.23. The molecule has 0 aliphatic carbocycles. The first-order valence-corrected chi connectivity index (χ1v) is 4.42. The molecular formula is C9H20O2. The zero-order valence-corrected chi connectivity index (χ0v) is 7.75. The van der Waals surface area contributed by atoms with Crippen molar-refractivity contribution >= 4 is 0 Å². The Labute approximate surface area is 69.2 Å². The average Bonchev–Trinajstić information content (AvgIpc) is 1.88. The summed E-state index contributed by atoms with van der Waals surface area (Å²) in [5.74, 6) is 0.413. The van der Waals surface area contributed by atoms with E-state index in [-0.39, 0.29) is 18.6 Å². The van der Waals surface area contributed by atoms with Crippen LogP contribution in [0.1, 0.15) is 33.6 Å². The third-order valence-corrected chi connectivity index (χ3v) is 2.15. The van der Waals surface area contributed by atoms with Crippen molar-refractivity contribution in [3.8, 4) is 0 Å². The van der Waals surface area contributed by atoms with Crippen LogP contribution >= 0.6 is 0 Å². The molecule has 0 radical (unpaired) electrons. The van der Waals surface area contributed by atoms with Crippen LogP contribution in [-0.4, -0.2) is 22.9 Å². The Balaban J connectivity index is 3.81. The zero-order chi connectivity index (χ0) is 8.85. The Morgan fingerprint density at radius 2 is 1.82 bits per heavy atom. The molecule has 2 heteroatoms. The van der Waals surface area contributed by atoms with Gasteiger partial charge in [-0.2, -0.15) is 0 Å². The van der Waals surface area contributed by atoms with Crippen LogP contribution in [0.4, 0.5) is 0 Å². The van der Waals surface area contributed by atoms with Crippen molar-refractivity contribution in [2.24, 2.45) is 11.8 Å². The number of hydrogen-bond acceptors (Lipinski definition) is 2. The van der Waals surface area contributed by atoms with Gasteiger partial charge in [0.05, 0.1) is 6.10 Å². The van der Waals surface area contributed by atoms with Crippen LogP contribution < -0.4 is 0 Å². The first-order chi connectivity index (χ1) is 5.13. The van der Waals surface area contributed by atoms with E-state index >= 15 is 0 Å². The van der Waals surface area contributed by atoms with Gasteiger partial charge >= 0.3 is 0 Å². The van der Waals surface area contributed by atoms with Crippen molar-refractivity contribution in [2.75, 3.05) is 6.61 Å². The second-order valence-corrected chi connectivity index (χ2v) is 3.45. The van der Waals surface area contributed by atoms with Crippen LogP contribution in [0.5, 0.6) is 0 Å². The molecular weight excluding hydrogens is 140 g/mol. The summed E-state index contributed by atoms with van der Waals surface area (Å²) < 4.78 is 0. The molecule has 0 bridgehead atoms. The molecule has 0 rings (SSSR count). The Morgan fingerprint density at radius 3 is 2.09 bits per heavy atom. The average molecular weight is 160 g/mol. The number of hydrogen-bond donors (Lipinski definition) is 2. The fraction of sp³-hybridized carbons (Fsp3) is 1.00. The van der Waals surface area contributed by atoms with E-state index in [2.05, 4.69) is 0 Å². The van der Waals surface area contributed by atoms with Gasteiger partial charge in [-0.05, 0) is 12.3 Å². The summed E-state index contributed by atoms with van der Waals surface area (Å²) in [6.07, 6.45) is 1.44. The lowest BCUT2D eigenvalue weighted by atomic mass is 9.89. The fourth-order valence-corrected chi connectivity index (χ4v) is 1.29. The summed E-state index contributed by atoms with van der Waals surface area (Å²) in [6.45, 7) is 6.19. The van der Waals surface area contributed by atoms with E-state index in [1.165, 1.54) is 0 Å². The van der Waals surface area contributed by atoms with Gasteiger partial charge in [0, 0.05) is 12.5 Å². The van der Waals surface area contributed by atoms with Crippen LogP contribution in [0.25, 0.3) is 0 Å². The van der Waals surface area contributed by atoms with Crippen molar-refractivity contribution in [3.05, 3.63) is 0 Å². The Hall–Kier alpha value is -0.0800. The van der Waals surface area contributed by atoms with Crippen molar-refractivity contribution in [1.29, 1.82) is 0 Å². The highest BCUT2D eigenvalue weighted by molar-refractivity contribution is 4.70. The fourth-order valence-electron chi connectivity index (χ4n) is 1.29. The van der Waals surface area contributed by atoms with Gasteiger partial charge in [-0.3, -0.25) is 0 Å². The highest BCUT2D eigenvalue weighted by Crippen LogP contribution is 2.17. The maximum atomic E-state index is 9.52. The van der Waals surface area contributed by atoms with Gasteiger partial charge in [-0.25, -0.2) is 0 Å². The normalized spacial score (nSPS) is 16.9. The second kappa shape index (κ2) is 5.56. The molecule has 0 spiro atoms. The third kappa shape index (κ3) is 3.73. The quantitative estimate of drug-likeness (QED) is 0.638. The topological polar surface area (TPSA) is 40.5 Å². The molecule has 11 heavy (non-hydrogen) atoms. The van der Waals surface area contributed by atoms with Gasteiger partial charge in [0.1, 0.15) is 0 Å². The zero-order valence-electron chi connectivity index (χ0n) is 7.75. The van der Waals surface area contributed by atoms with Crippen molar-refractivity contribution in [3.63, 3.8) is 0 Å². The molecule has 0 heterocycles. The molecule has 0 aliphatic heterocycles. The SMILES string of the molecule is CCCC(O)C(CO)C(C)C. The van der Waals surface area contributed by atoms with E-state index in [9.17, 15) is 5.11 Å². The van der Waals surface area contributed by atoms with E-state index in [4.69, 9.17) is 5.11 Å². The summed E-state index contributed by atoms with van der Waals surface area (Å²) in [4.78, 5) is 0. The lowest BCUT2D eigenvalue weighted by molar-refractivity contribution is 0.0357. The van der Waals surface area contributed by atoms with Gasteiger partial charge in [0.2, 0.25) is 0 Å². The lowest BCUT2D eigenvalue weighted by Crippen LogP contribution is -2.28. The summed E-state index contributed by atoms with van der Waals surface area (Å²) in [7, 11) is 0. The highest BCUT2D eigenvalue weighted by atomic mass is 16.3. The van der Waals surface area contributed by atoms with Crippen LogP contribution in [0.15, 0.2) is 0 Å². The number of aliphatic hydroxyl groups is 2. The molecule has 0 aliphatic rings. The molecule has 2 unspecified atom stereocenters. The van der Waals surface area contributed by atoms with E-state index in [0.29, 0.717) is 5.92 Å². The molecule has 0 amide bonds. The Bertz CT molecular complexity index is 91.6. The molecule has 2 N–H and O–H groups in total. The van der Waals surface area contributed by atoms with Gasteiger partial charge < -0.3 is 10.2 Å². The summed E-state index contributed by atoms with van der Waals surface area (Å²) in [5.41, 5.74) is 0. The van der Waals surface area contributed by atoms with E-state index in [0.717, 1.165) is 12.8 Å². The minimum atomic E-state index is -0.329. The maximum absolute atomic E-state index is 9.52. The van der Waals surface area contributed by atoms with Gasteiger partial charge in [-0.15, -0.1) is 0 Å². The van der Waals surface area contributed by atoms with E-state index in [1.54, 1.807) is 0 Å². The molecule has 0 aromatic carbocycles. The minimum absolute atomic E-state index is 0.0509. The van der Waals surface area contributed by atoms with Crippen molar-refractivity contribution < 1.29 is 10.2 Å². The molecule has 0 saturated carbocycles. The minimum Gasteiger partial charge on any atom is -0.396 e. The predicted octanol–water partition coefficient (Wildman–Crippen LogP) is 1.41. The van der Waals surface area contributed by atoms with Gasteiger partial charge in [-0.1, -0.05) is 27.2 Å². The first kappa shape index (κ1) is 10.9. The summed E-state index contributed by atoms with van der Waals surface area (Å²) in [6, 6.07) is 0. The first-order valence-electron chi connectivity index (χ1n) is 4.42. The van der Waals surface area contributed by atoms with Crippen LogP contribution in [0, 0.1) is 11.8 Å². The Morgan fingerprint density at radius 1 is 1.27 bits per heavy atom. The standard InChI is InChI=1S/C9H20O2/c1-4-5-9(11)8(6-10)7(2)3/h7-11H,4-6H2,1-3H3. The van der Waals surface area contributed by atoms with Gasteiger partial charge in [0.25, 0.3) is 0 Å². The number of rotatable bonds is 5. The molecule has 2 nitrogen and oxygen atoms in total. The molecule has 0 fully saturated rings. The van der Waals surface area contributed by atoms with Gasteiger partial charge in [0.15, 0.2) is 0 Å². The molecule has 68 valence electrons. The van der Waals surface area contributed by atoms with Crippen molar-refractivity contribution in [1.82, 2.24) is 0 Å². The smallest absolute Gasteiger partial charge is 0.0592 e. The van der Waals surface area contributed by atoms with Crippen LogP contribution in [0.2, 0.25) is 0 Å². The monoisotopic (exact) mass is 160 g/mol. The maximum Gasteiger partial charge on any atom is 0.0592 e. The van der Waals surface area contributed by atoms with Crippen LogP contribution in [-0.2, 0) is 0 Å². The Kier molecular flexibility index (Phi) is 5.51. The number of aliphatic hydroxyl groups excluding tert-OH is 2. The van der Waals surface area contributed by atoms with Crippen molar-refractivity contribution in [2.45, 2.75) is 39.7 Å². The predicted molar refractivity (Wildman–Crippen MR) is 46.3 cm³/mol. The molecule has 0 aromatic heterocycles. The molecule has 0 aromatic rings. The second-order valence-electron chi connectivity index (χ2n) is 3.45. The van der Waals surface area contributed by atoms with E-state index < -0.39 is 0 Å². The molecule has 0 saturated heterocycles. The summed E-state index contributed by atoms with van der Waals surface area (Å²) >= 11 is 0. The van der Waals surface area contributed by atoms with Crippen LogP contribution in [0.3, 0.4) is 0 Å². The van der Waals surface area contributed by atoms with E-state index in [1.807, 2.05) is 20.8 Å².